The molecule has 0 N–H and O–H groups in total. The number of epoxide rings is 1. The number of hydrogen-bond acceptors (Lipinski definition) is 2. The molecule has 0 bridgehead atoms. The third kappa shape index (κ3) is 1.41. The van der Waals surface area contributed by atoms with Gasteiger partial charge in [0.15, 0.2) is 0 Å². The van der Waals surface area contributed by atoms with Crippen LogP contribution in [0.15, 0.2) is 12.7 Å². The van der Waals surface area contributed by atoms with Gasteiger partial charge in [0.05, 0.1) is 11.2 Å². The fourth-order valence-electron chi connectivity index (χ4n) is 2.87. The Bertz CT molecular complexity index is 238. The van der Waals surface area contributed by atoms with Crippen LogP contribution in [0.3, 0.4) is 0 Å². The van der Waals surface area contributed by atoms with Crippen LogP contribution in [0.25, 0.3) is 0 Å². The molecule has 80 valence electrons. The monoisotopic (exact) mass is 196 g/mol. The number of fused-ring (bicyclic) bond motifs is 1. The van der Waals surface area contributed by atoms with E-state index in [2.05, 4.69) is 13.5 Å². The molecule has 14 heavy (non-hydrogen) atoms. The Balaban J connectivity index is 2.07. The van der Waals surface area contributed by atoms with Crippen LogP contribution in [-0.4, -0.2) is 24.4 Å². The van der Waals surface area contributed by atoms with Gasteiger partial charge in [-0.1, -0.05) is 6.08 Å². The topological polar surface area (TPSA) is 21.8 Å². The van der Waals surface area contributed by atoms with E-state index in [0.717, 1.165) is 19.3 Å². The van der Waals surface area contributed by atoms with Crippen molar-refractivity contribution >= 4 is 0 Å². The van der Waals surface area contributed by atoms with Gasteiger partial charge in [-0.25, -0.2) is 0 Å². The fraction of sp³-hybridized carbons (Fsp3) is 0.833. The van der Waals surface area contributed by atoms with Crippen molar-refractivity contribution in [1.82, 2.24) is 0 Å². The van der Waals surface area contributed by atoms with Crippen LogP contribution >= 0.6 is 0 Å². The first-order valence-electron chi connectivity index (χ1n) is 5.51. The number of ether oxygens (including phenoxy) is 2. The highest BCUT2D eigenvalue weighted by atomic mass is 16.6. The van der Waals surface area contributed by atoms with Gasteiger partial charge in [0.25, 0.3) is 0 Å². The number of hydrogen-bond donors (Lipinski definition) is 0. The minimum Gasteiger partial charge on any atom is -0.375 e. The zero-order valence-corrected chi connectivity index (χ0v) is 9.21. The molecule has 2 rings (SSSR count). The molecule has 1 saturated heterocycles. The van der Waals surface area contributed by atoms with Crippen LogP contribution in [0.4, 0.5) is 0 Å². The molecule has 2 fully saturated rings. The molecule has 1 aliphatic heterocycles. The van der Waals surface area contributed by atoms with Gasteiger partial charge in [0.1, 0.15) is 6.10 Å². The Labute approximate surface area is 86.3 Å². The predicted molar refractivity (Wildman–Crippen MR) is 56.3 cm³/mol. The summed E-state index contributed by atoms with van der Waals surface area (Å²) in [4.78, 5) is 0. The van der Waals surface area contributed by atoms with E-state index < -0.39 is 0 Å². The van der Waals surface area contributed by atoms with Crippen LogP contribution < -0.4 is 0 Å². The Kier molecular flexibility index (Phi) is 2.44. The van der Waals surface area contributed by atoms with Crippen LogP contribution in [0.5, 0.6) is 0 Å². The highest BCUT2D eigenvalue weighted by Crippen LogP contribution is 2.54. The maximum atomic E-state index is 5.81. The average Bonchev–Trinajstić information content (AvgIpc) is 2.88. The lowest BCUT2D eigenvalue weighted by molar-refractivity contribution is -0.0500. The SMILES string of the molecule is C=CCC[C@@]1(OC)CCC[C@]2(C)O[C@H]12. The average molecular weight is 196 g/mol. The van der Waals surface area contributed by atoms with E-state index in [1.54, 1.807) is 0 Å². The molecule has 3 atom stereocenters. The maximum Gasteiger partial charge on any atom is 0.116 e. The van der Waals surface area contributed by atoms with Gasteiger partial charge in [-0.3, -0.25) is 0 Å². The van der Waals surface area contributed by atoms with Crippen molar-refractivity contribution in [3.8, 4) is 0 Å². The summed E-state index contributed by atoms with van der Waals surface area (Å²) < 4.78 is 11.5. The second kappa shape index (κ2) is 3.35. The van der Waals surface area contributed by atoms with Gasteiger partial charge in [0.2, 0.25) is 0 Å². The summed E-state index contributed by atoms with van der Waals surface area (Å²) in [6.45, 7) is 5.98. The number of methoxy groups -OCH3 is 1. The van der Waals surface area contributed by atoms with Crippen LogP contribution in [0.2, 0.25) is 0 Å². The second-order valence-corrected chi connectivity index (χ2v) is 4.76. The van der Waals surface area contributed by atoms with Crippen molar-refractivity contribution in [3.05, 3.63) is 12.7 Å². The maximum absolute atomic E-state index is 5.81. The molecule has 1 saturated carbocycles. The van der Waals surface area contributed by atoms with E-state index in [-0.39, 0.29) is 11.2 Å². The van der Waals surface area contributed by atoms with Gasteiger partial charge >= 0.3 is 0 Å². The summed E-state index contributed by atoms with van der Waals surface area (Å²) in [6.07, 6.45) is 7.91. The van der Waals surface area contributed by atoms with Gasteiger partial charge in [-0.15, -0.1) is 6.58 Å². The lowest BCUT2D eigenvalue weighted by atomic mass is 9.76. The van der Waals surface area contributed by atoms with Crippen molar-refractivity contribution in [2.24, 2.45) is 0 Å². The first kappa shape index (κ1) is 10.2. The van der Waals surface area contributed by atoms with Crippen LogP contribution in [0.1, 0.15) is 39.0 Å². The highest BCUT2D eigenvalue weighted by Gasteiger charge is 2.65. The van der Waals surface area contributed by atoms with E-state index in [0.29, 0.717) is 6.10 Å². The minimum atomic E-state index is -0.0266. The van der Waals surface area contributed by atoms with E-state index in [1.807, 2.05) is 13.2 Å². The van der Waals surface area contributed by atoms with Gasteiger partial charge in [0, 0.05) is 7.11 Å². The largest absolute Gasteiger partial charge is 0.375 e. The third-order valence-electron chi connectivity index (χ3n) is 3.81. The Morgan fingerprint density at radius 1 is 1.57 bits per heavy atom. The van der Waals surface area contributed by atoms with Gasteiger partial charge < -0.3 is 9.47 Å². The van der Waals surface area contributed by atoms with Crippen LogP contribution in [-0.2, 0) is 9.47 Å². The highest BCUT2D eigenvalue weighted by molar-refractivity contribution is 5.14. The lowest BCUT2D eigenvalue weighted by Gasteiger charge is -2.35. The summed E-state index contributed by atoms with van der Waals surface area (Å²) in [5.74, 6) is 0. The molecule has 2 heteroatoms. The summed E-state index contributed by atoms with van der Waals surface area (Å²) in [5, 5.41) is 0. The first-order chi connectivity index (χ1) is 6.67. The van der Waals surface area contributed by atoms with Crippen molar-refractivity contribution in [2.45, 2.75) is 56.3 Å². The van der Waals surface area contributed by atoms with Crippen molar-refractivity contribution in [3.63, 3.8) is 0 Å². The molecule has 0 aromatic rings. The normalized spacial score (nSPS) is 45.7. The molecule has 0 unspecified atom stereocenters. The Hall–Kier alpha value is -0.340. The molecule has 0 aromatic heterocycles. The van der Waals surface area contributed by atoms with Crippen LogP contribution in [0, 0.1) is 0 Å². The number of rotatable bonds is 4. The Morgan fingerprint density at radius 2 is 2.36 bits per heavy atom. The fourth-order valence-corrected chi connectivity index (χ4v) is 2.87. The van der Waals surface area contributed by atoms with Crippen molar-refractivity contribution < 1.29 is 9.47 Å². The van der Waals surface area contributed by atoms with E-state index in [1.165, 1.54) is 12.8 Å². The molecule has 2 nitrogen and oxygen atoms in total. The van der Waals surface area contributed by atoms with Crippen molar-refractivity contribution in [1.29, 1.82) is 0 Å². The number of allylic oxidation sites excluding steroid dienone is 1. The predicted octanol–water partition coefficient (Wildman–Crippen LogP) is 2.68. The lowest BCUT2D eigenvalue weighted by Crippen LogP contribution is -2.43. The summed E-state index contributed by atoms with van der Waals surface area (Å²) in [6, 6.07) is 0. The molecule has 0 spiro atoms. The summed E-state index contributed by atoms with van der Waals surface area (Å²) in [7, 11) is 1.82. The van der Waals surface area contributed by atoms with Crippen molar-refractivity contribution in [2.75, 3.05) is 7.11 Å². The van der Waals surface area contributed by atoms with E-state index in [9.17, 15) is 0 Å². The minimum absolute atomic E-state index is 0.0266. The standard InChI is InChI=1S/C12H20O2/c1-4-5-8-12(13-3)9-6-7-11(2)10(12)14-11/h4,10H,1,5-9H2,2-3H3/t10-,11-,12+/m0/s1. The smallest absolute Gasteiger partial charge is 0.116 e. The third-order valence-corrected chi connectivity index (χ3v) is 3.81. The molecule has 1 aliphatic carbocycles. The molecule has 2 aliphatic rings. The molecule has 0 aromatic carbocycles. The molecular weight excluding hydrogens is 176 g/mol. The molecule has 1 heterocycles. The van der Waals surface area contributed by atoms with E-state index >= 15 is 0 Å². The van der Waals surface area contributed by atoms with E-state index in [4.69, 9.17) is 9.47 Å². The van der Waals surface area contributed by atoms with Gasteiger partial charge in [-0.05, 0) is 39.0 Å². The first-order valence-corrected chi connectivity index (χ1v) is 5.51. The second-order valence-electron chi connectivity index (χ2n) is 4.76. The summed E-state index contributed by atoms with van der Waals surface area (Å²) >= 11 is 0. The molecule has 0 amide bonds. The zero-order chi connectivity index (χ0) is 10.2. The molecule has 0 radical (unpaired) electrons. The Morgan fingerprint density at radius 3 is 3.00 bits per heavy atom. The zero-order valence-electron chi connectivity index (χ0n) is 9.21. The van der Waals surface area contributed by atoms with Gasteiger partial charge in [-0.2, -0.15) is 0 Å². The summed E-state index contributed by atoms with van der Waals surface area (Å²) in [5.41, 5.74) is 0.0939. The molecular formula is C12H20O2. The quantitative estimate of drug-likeness (QED) is 0.509.